The van der Waals surface area contributed by atoms with Crippen LogP contribution in [0.5, 0.6) is 0 Å². The molecule has 3 fully saturated rings. The van der Waals surface area contributed by atoms with E-state index in [1.807, 2.05) is 12.1 Å². The molecule has 200 valence electrons. The van der Waals surface area contributed by atoms with E-state index in [1.54, 1.807) is 18.2 Å². The Morgan fingerprint density at radius 3 is 2.68 bits per heavy atom. The van der Waals surface area contributed by atoms with E-state index in [0.717, 1.165) is 48.5 Å². The summed E-state index contributed by atoms with van der Waals surface area (Å²) in [6.07, 6.45) is 8.25. The second-order valence-electron chi connectivity index (χ2n) is 11.5. The highest BCUT2D eigenvalue weighted by molar-refractivity contribution is 7.92. The summed E-state index contributed by atoms with van der Waals surface area (Å²) in [6, 6.07) is 11.5. The number of aliphatic hydroxyl groups is 1. The quantitative estimate of drug-likeness (QED) is 0.417. The smallest absolute Gasteiger partial charge is 0.257 e. The lowest BCUT2D eigenvalue weighted by molar-refractivity contribution is 0.102. The van der Waals surface area contributed by atoms with E-state index in [2.05, 4.69) is 25.6 Å². The van der Waals surface area contributed by atoms with E-state index in [9.17, 15) is 13.2 Å². The predicted molar refractivity (Wildman–Crippen MR) is 147 cm³/mol. The number of anilines is 3. The van der Waals surface area contributed by atoms with Gasteiger partial charge in [-0.3, -0.25) is 9.52 Å². The first-order valence-electron chi connectivity index (χ1n) is 13.7. The topological polar surface area (TPSA) is 117 Å². The lowest BCUT2D eigenvalue weighted by atomic mass is 9.93. The normalized spacial score (nSPS) is 23.1. The molecule has 10 heteroatoms. The van der Waals surface area contributed by atoms with Crippen molar-refractivity contribution < 1.29 is 18.3 Å². The van der Waals surface area contributed by atoms with Crippen LogP contribution in [0.3, 0.4) is 0 Å². The van der Waals surface area contributed by atoms with E-state index in [-0.39, 0.29) is 11.7 Å². The molecule has 3 N–H and O–H groups in total. The number of sulfonamides is 1. The van der Waals surface area contributed by atoms with Crippen molar-refractivity contribution in [1.82, 2.24) is 9.55 Å². The zero-order chi connectivity index (χ0) is 26.1. The third kappa shape index (κ3) is 4.05. The van der Waals surface area contributed by atoms with Gasteiger partial charge in [-0.25, -0.2) is 13.4 Å². The van der Waals surface area contributed by atoms with Crippen molar-refractivity contribution in [3.63, 3.8) is 0 Å². The summed E-state index contributed by atoms with van der Waals surface area (Å²) < 4.78 is 29.5. The number of amides is 1. The highest BCUT2D eigenvalue weighted by atomic mass is 32.2. The molecule has 38 heavy (non-hydrogen) atoms. The van der Waals surface area contributed by atoms with Crippen LogP contribution < -0.4 is 14.9 Å². The Balaban J connectivity index is 1.21. The van der Waals surface area contributed by atoms with Crippen molar-refractivity contribution in [3.05, 3.63) is 47.8 Å². The Hall–Kier alpha value is -3.11. The van der Waals surface area contributed by atoms with E-state index < -0.39 is 16.6 Å². The van der Waals surface area contributed by atoms with Gasteiger partial charge < -0.3 is 19.9 Å². The van der Waals surface area contributed by atoms with Crippen LogP contribution in [0, 0.1) is 5.41 Å². The van der Waals surface area contributed by atoms with Crippen molar-refractivity contribution in [3.8, 4) is 0 Å². The van der Waals surface area contributed by atoms with Crippen LogP contribution in [0.2, 0.25) is 0 Å². The van der Waals surface area contributed by atoms with Crippen molar-refractivity contribution >= 4 is 44.0 Å². The number of aromatic nitrogens is 2. The Bertz CT molecular complexity index is 1530. The summed E-state index contributed by atoms with van der Waals surface area (Å²) >= 11 is 0. The first-order valence-corrected chi connectivity index (χ1v) is 15.3. The van der Waals surface area contributed by atoms with Crippen LogP contribution in [0.1, 0.15) is 73.1 Å². The van der Waals surface area contributed by atoms with Gasteiger partial charge in [-0.05, 0) is 80.7 Å². The molecule has 2 atom stereocenters. The maximum atomic E-state index is 13.7. The average Bonchev–Trinajstić information content (AvgIpc) is 3.23. The molecule has 2 saturated carbocycles. The molecular formula is C28H33N5O4S. The van der Waals surface area contributed by atoms with Crippen LogP contribution in [-0.4, -0.2) is 54.4 Å². The van der Waals surface area contributed by atoms with Crippen LogP contribution in [-0.2, 0) is 10.0 Å². The largest absolute Gasteiger partial charge is 0.395 e. The van der Waals surface area contributed by atoms with E-state index in [4.69, 9.17) is 10.1 Å². The molecule has 1 spiro atoms. The van der Waals surface area contributed by atoms with Crippen molar-refractivity contribution in [2.24, 2.45) is 5.41 Å². The van der Waals surface area contributed by atoms with E-state index in [1.165, 1.54) is 32.1 Å². The molecule has 0 unspecified atom stereocenters. The summed E-state index contributed by atoms with van der Waals surface area (Å²) in [7, 11) is -3.68. The number of hydrogen-bond acceptors (Lipinski definition) is 6. The minimum atomic E-state index is -3.68. The molecular weight excluding hydrogens is 502 g/mol. The second-order valence-corrected chi connectivity index (χ2v) is 13.3. The molecule has 0 radical (unpaired) electrons. The number of carbonyl (C=O) groups excluding carboxylic acids is 1. The minimum absolute atomic E-state index is 0.236. The van der Waals surface area contributed by atoms with Gasteiger partial charge in [0.1, 0.15) is 11.3 Å². The number of nitrogens with zero attached hydrogens (tertiary/aromatic N) is 3. The van der Waals surface area contributed by atoms with Crippen LogP contribution in [0.4, 0.5) is 17.1 Å². The first kappa shape index (κ1) is 24.0. The molecule has 1 aromatic heterocycles. The lowest BCUT2D eigenvalue weighted by Crippen LogP contribution is -2.35. The number of nitrogens with one attached hydrogen (secondary N) is 2. The van der Waals surface area contributed by atoms with Gasteiger partial charge in [-0.1, -0.05) is 6.07 Å². The highest BCUT2D eigenvalue weighted by Crippen LogP contribution is 2.54. The molecule has 3 heterocycles. The Morgan fingerprint density at radius 1 is 1.11 bits per heavy atom. The molecule has 1 saturated heterocycles. The number of piperidine rings is 1. The van der Waals surface area contributed by atoms with Gasteiger partial charge >= 0.3 is 0 Å². The summed E-state index contributed by atoms with van der Waals surface area (Å²) in [5.41, 5.74) is 4.68. The zero-order valence-electron chi connectivity index (χ0n) is 21.3. The molecule has 7 rings (SSSR count). The van der Waals surface area contributed by atoms with Gasteiger partial charge in [-0.15, -0.1) is 0 Å². The molecule has 1 amide bonds. The van der Waals surface area contributed by atoms with Crippen molar-refractivity contribution in [1.29, 1.82) is 0 Å². The van der Waals surface area contributed by atoms with Gasteiger partial charge in [0.25, 0.3) is 5.91 Å². The maximum absolute atomic E-state index is 13.7. The van der Waals surface area contributed by atoms with Crippen LogP contribution in [0.25, 0.3) is 11.0 Å². The second kappa shape index (κ2) is 8.71. The van der Waals surface area contributed by atoms with Gasteiger partial charge in [0.05, 0.1) is 40.5 Å². The SMILES string of the molecule is O=C(Nc1cccc2c1nc1n2[C@H]2CC[C@@H]1C2)c1ccc(NS(=O)(=O)CCO)cc1N1CCC2(CC1)CC2. The summed E-state index contributed by atoms with van der Waals surface area (Å²) in [5, 5.41) is 12.2. The third-order valence-corrected chi connectivity index (χ3v) is 10.4. The number of aliphatic hydroxyl groups excluding tert-OH is 1. The zero-order valence-corrected chi connectivity index (χ0v) is 22.1. The summed E-state index contributed by atoms with van der Waals surface area (Å²) in [5.74, 6) is 1.04. The van der Waals surface area contributed by atoms with Gasteiger partial charge in [0.2, 0.25) is 10.0 Å². The van der Waals surface area contributed by atoms with Gasteiger partial charge in [0, 0.05) is 25.0 Å². The third-order valence-electron chi connectivity index (χ3n) is 9.13. The highest BCUT2D eigenvalue weighted by Gasteiger charge is 2.45. The first-order chi connectivity index (χ1) is 18.3. The molecule has 4 aliphatic rings. The van der Waals surface area contributed by atoms with Gasteiger partial charge in [0.15, 0.2) is 0 Å². The fourth-order valence-electron chi connectivity index (χ4n) is 6.82. The number of imidazole rings is 1. The number of fused-ring (bicyclic) bond motifs is 7. The molecule has 2 aliphatic carbocycles. The van der Waals surface area contributed by atoms with Crippen LogP contribution in [0.15, 0.2) is 36.4 Å². The fraction of sp³-hybridized carbons (Fsp3) is 0.500. The predicted octanol–water partition coefficient (Wildman–Crippen LogP) is 4.23. The number of benzene rings is 2. The Kier molecular flexibility index (Phi) is 5.49. The van der Waals surface area contributed by atoms with Crippen LogP contribution >= 0.6 is 0 Å². The molecule has 3 aromatic rings. The monoisotopic (exact) mass is 535 g/mol. The molecule has 9 nitrogen and oxygen atoms in total. The standard InChI is InChI=1S/C28H33N5O4S/c34-14-15-38(36,37)31-19-5-7-21(24(17-19)32-12-10-28(8-9-28)11-13-32)27(35)29-22-2-1-3-23-25(22)30-26-18-4-6-20(16-18)33(23)26/h1-3,5,7,17-18,20,31,34H,4,6,8-16H2,(H,29,35)/t18-,20+/m1/s1. The summed E-state index contributed by atoms with van der Waals surface area (Å²) in [6.45, 7) is 1.21. The lowest BCUT2D eigenvalue weighted by Gasteiger charge is -2.35. The average molecular weight is 536 g/mol. The van der Waals surface area contributed by atoms with Crippen molar-refractivity contribution in [2.75, 3.05) is 40.4 Å². The van der Waals surface area contributed by atoms with Crippen molar-refractivity contribution in [2.45, 2.75) is 56.9 Å². The number of carbonyl (C=O) groups is 1. The summed E-state index contributed by atoms with van der Waals surface area (Å²) in [4.78, 5) is 20.9. The number of hydrogen-bond donors (Lipinski definition) is 3. The number of para-hydroxylation sites is 1. The Labute approximate surface area is 222 Å². The fourth-order valence-corrected chi connectivity index (χ4v) is 7.65. The molecule has 2 aromatic carbocycles. The van der Waals surface area contributed by atoms with Gasteiger partial charge in [-0.2, -0.15) is 0 Å². The van der Waals surface area contributed by atoms with E-state index >= 15 is 0 Å². The maximum Gasteiger partial charge on any atom is 0.257 e. The Morgan fingerprint density at radius 2 is 1.92 bits per heavy atom. The molecule has 2 bridgehead atoms. The van der Waals surface area contributed by atoms with E-state index in [0.29, 0.717) is 34.3 Å². The molecule has 2 aliphatic heterocycles. The number of rotatable bonds is 7. The minimum Gasteiger partial charge on any atom is -0.395 e.